The van der Waals surface area contributed by atoms with Crippen molar-refractivity contribution in [1.82, 2.24) is 19.5 Å². The Morgan fingerprint density at radius 1 is 1.27 bits per heavy atom. The van der Waals surface area contributed by atoms with Crippen molar-refractivity contribution in [3.8, 4) is 10.6 Å². The normalized spacial score (nSPS) is 11.6. The minimum Gasteiger partial charge on any atom is -0.332 e. The molecule has 0 amide bonds. The number of benzene rings is 1. The molecule has 0 aliphatic rings. The molecule has 110 valence electrons. The minimum atomic E-state index is 0.411. The summed E-state index contributed by atoms with van der Waals surface area (Å²) in [4.78, 5) is 14.3. The number of imidazole rings is 1. The van der Waals surface area contributed by atoms with E-state index in [0.717, 1.165) is 32.0 Å². The average molecular weight is 330 g/mol. The average Bonchev–Trinajstić information content (AvgIpc) is 3.11. The standard InChI is InChI=1S/C15H12ClN5S/c1-21-7-18-10-12(21)11-15(20-13(10)16)22-14(19-11)9-4-2-3-8(5-9)6-17/h2-5,7H,6,17H2,1H3. The second-order valence-electron chi connectivity index (χ2n) is 5.03. The van der Waals surface area contributed by atoms with Crippen molar-refractivity contribution in [2.24, 2.45) is 12.8 Å². The minimum absolute atomic E-state index is 0.411. The molecule has 3 heterocycles. The maximum Gasteiger partial charge on any atom is 0.158 e. The van der Waals surface area contributed by atoms with Gasteiger partial charge in [0.2, 0.25) is 0 Å². The molecule has 0 bridgehead atoms. The van der Waals surface area contributed by atoms with Crippen molar-refractivity contribution in [2.45, 2.75) is 6.54 Å². The van der Waals surface area contributed by atoms with Crippen LogP contribution in [0.4, 0.5) is 0 Å². The van der Waals surface area contributed by atoms with E-state index in [-0.39, 0.29) is 0 Å². The third kappa shape index (κ3) is 1.99. The van der Waals surface area contributed by atoms with E-state index < -0.39 is 0 Å². The van der Waals surface area contributed by atoms with E-state index in [0.29, 0.717) is 17.2 Å². The van der Waals surface area contributed by atoms with E-state index in [1.807, 2.05) is 29.8 Å². The Balaban J connectivity index is 2.01. The van der Waals surface area contributed by atoms with E-state index in [2.05, 4.69) is 16.0 Å². The van der Waals surface area contributed by atoms with Gasteiger partial charge in [-0.05, 0) is 11.6 Å². The van der Waals surface area contributed by atoms with Gasteiger partial charge >= 0.3 is 0 Å². The summed E-state index contributed by atoms with van der Waals surface area (Å²) in [5, 5.41) is 1.32. The molecule has 0 saturated heterocycles. The predicted molar refractivity (Wildman–Crippen MR) is 90.0 cm³/mol. The molecular weight excluding hydrogens is 318 g/mol. The van der Waals surface area contributed by atoms with Crippen LogP contribution in [0.15, 0.2) is 30.6 Å². The molecule has 3 aromatic heterocycles. The summed E-state index contributed by atoms with van der Waals surface area (Å²) in [5.41, 5.74) is 10.3. The Hall–Kier alpha value is -2.02. The monoisotopic (exact) mass is 329 g/mol. The number of aromatic nitrogens is 4. The van der Waals surface area contributed by atoms with Crippen molar-refractivity contribution in [3.63, 3.8) is 0 Å². The summed E-state index contributed by atoms with van der Waals surface area (Å²) in [5.74, 6) is 0. The van der Waals surface area contributed by atoms with Gasteiger partial charge < -0.3 is 10.3 Å². The van der Waals surface area contributed by atoms with Crippen molar-refractivity contribution in [3.05, 3.63) is 41.3 Å². The summed E-state index contributed by atoms with van der Waals surface area (Å²) >= 11 is 7.75. The van der Waals surface area contributed by atoms with Gasteiger partial charge in [-0.15, -0.1) is 0 Å². The number of fused-ring (bicyclic) bond motifs is 3. The third-order valence-electron chi connectivity index (χ3n) is 3.58. The summed E-state index contributed by atoms with van der Waals surface area (Å²) in [6.45, 7) is 0.509. The molecule has 7 heteroatoms. The molecule has 0 spiro atoms. The van der Waals surface area contributed by atoms with Gasteiger partial charge in [-0.25, -0.2) is 15.0 Å². The number of hydrogen-bond acceptors (Lipinski definition) is 5. The highest BCUT2D eigenvalue weighted by Crippen LogP contribution is 2.35. The number of pyridine rings is 1. The highest BCUT2D eigenvalue weighted by molar-refractivity contribution is 7.21. The number of nitrogens with zero attached hydrogens (tertiary/aromatic N) is 4. The molecule has 4 aromatic rings. The molecule has 0 aliphatic carbocycles. The third-order valence-corrected chi connectivity index (χ3v) is 4.84. The molecule has 5 nitrogen and oxygen atoms in total. The lowest BCUT2D eigenvalue weighted by molar-refractivity contribution is 0.949. The number of nitrogens with two attached hydrogens (primary N) is 1. The maximum atomic E-state index is 6.23. The molecule has 4 rings (SSSR count). The molecule has 1 aromatic carbocycles. The SMILES string of the molecule is Cn1cnc2c(Cl)nc3sc(-c4cccc(CN)c4)nc3c21. The van der Waals surface area contributed by atoms with Crippen LogP contribution in [0.1, 0.15) is 5.56 Å². The molecule has 0 aliphatic heterocycles. The fourth-order valence-electron chi connectivity index (χ4n) is 2.50. The molecule has 0 atom stereocenters. The van der Waals surface area contributed by atoms with Gasteiger partial charge in [-0.3, -0.25) is 0 Å². The van der Waals surface area contributed by atoms with Crippen molar-refractivity contribution >= 4 is 44.3 Å². The predicted octanol–water partition coefficient (Wildman–Crippen LogP) is 3.36. The number of rotatable bonds is 2. The first-order valence-electron chi connectivity index (χ1n) is 6.74. The van der Waals surface area contributed by atoms with Crippen LogP contribution >= 0.6 is 22.9 Å². The van der Waals surface area contributed by atoms with Gasteiger partial charge in [0.15, 0.2) is 5.15 Å². The van der Waals surface area contributed by atoms with Gasteiger partial charge in [0.1, 0.15) is 26.4 Å². The van der Waals surface area contributed by atoms with Gasteiger partial charge in [0, 0.05) is 19.2 Å². The van der Waals surface area contributed by atoms with Gasteiger partial charge in [-0.2, -0.15) is 0 Å². The smallest absolute Gasteiger partial charge is 0.158 e. The molecule has 22 heavy (non-hydrogen) atoms. The van der Waals surface area contributed by atoms with Crippen LogP contribution in [0.5, 0.6) is 0 Å². The Bertz CT molecular complexity index is 1000. The van der Waals surface area contributed by atoms with E-state index in [1.54, 1.807) is 6.33 Å². The quantitative estimate of drug-likeness (QED) is 0.572. The van der Waals surface area contributed by atoms with Gasteiger partial charge in [0.25, 0.3) is 0 Å². The zero-order chi connectivity index (χ0) is 15.3. The Morgan fingerprint density at radius 3 is 2.95 bits per heavy atom. The van der Waals surface area contributed by atoms with E-state index >= 15 is 0 Å². The first-order chi connectivity index (χ1) is 10.7. The molecule has 0 saturated carbocycles. The van der Waals surface area contributed by atoms with Crippen molar-refractivity contribution in [1.29, 1.82) is 0 Å². The van der Waals surface area contributed by atoms with Crippen molar-refractivity contribution < 1.29 is 0 Å². The molecular formula is C15H12ClN5S. The topological polar surface area (TPSA) is 69.6 Å². The summed E-state index contributed by atoms with van der Waals surface area (Å²) in [6.07, 6.45) is 1.73. The number of thiazole rings is 1. The Kier molecular flexibility index (Phi) is 3.11. The summed E-state index contributed by atoms with van der Waals surface area (Å²) < 4.78 is 1.92. The highest BCUT2D eigenvalue weighted by atomic mass is 35.5. The van der Waals surface area contributed by atoms with E-state index in [4.69, 9.17) is 22.3 Å². The lowest BCUT2D eigenvalue weighted by Crippen LogP contribution is -1.95. The number of halogens is 1. The summed E-state index contributed by atoms with van der Waals surface area (Å²) in [6, 6.07) is 8.08. The Labute approximate surface area is 135 Å². The molecule has 0 fully saturated rings. The molecule has 2 N–H and O–H groups in total. The zero-order valence-electron chi connectivity index (χ0n) is 11.7. The molecule has 0 radical (unpaired) electrons. The van der Waals surface area contributed by atoms with E-state index in [9.17, 15) is 0 Å². The first-order valence-corrected chi connectivity index (χ1v) is 7.93. The lowest BCUT2D eigenvalue weighted by Gasteiger charge is -1.99. The van der Waals surface area contributed by atoms with E-state index in [1.165, 1.54) is 11.3 Å². The fraction of sp³-hybridized carbons (Fsp3) is 0.133. The first kappa shape index (κ1) is 13.6. The lowest BCUT2D eigenvalue weighted by atomic mass is 10.1. The van der Waals surface area contributed by atoms with Crippen LogP contribution < -0.4 is 5.73 Å². The molecule has 0 unspecified atom stereocenters. The zero-order valence-corrected chi connectivity index (χ0v) is 13.3. The fourth-order valence-corrected chi connectivity index (χ4v) is 3.71. The maximum absolute atomic E-state index is 6.23. The van der Waals surface area contributed by atoms with Crippen LogP contribution in [0.3, 0.4) is 0 Å². The van der Waals surface area contributed by atoms with Crippen LogP contribution in [-0.4, -0.2) is 19.5 Å². The number of aryl methyl sites for hydroxylation is 1. The Morgan fingerprint density at radius 2 is 2.14 bits per heavy atom. The van der Waals surface area contributed by atoms with Crippen LogP contribution in [0.2, 0.25) is 5.15 Å². The second-order valence-corrected chi connectivity index (χ2v) is 6.37. The van der Waals surface area contributed by atoms with Crippen LogP contribution in [-0.2, 0) is 13.6 Å². The highest BCUT2D eigenvalue weighted by Gasteiger charge is 2.16. The summed E-state index contributed by atoms with van der Waals surface area (Å²) in [7, 11) is 1.93. The van der Waals surface area contributed by atoms with Gasteiger partial charge in [0.05, 0.1) is 6.33 Å². The second kappa shape index (κ2) is 5.01. The van der Waals surface area contributed by atoms with Crippen LogP contribution in [0.25, 0.3) is 32.0 Å². The van der Waals surface area contributed by atoms with Gasteiger partial charge in [-0.1, -0.05) is 41.1 Å². The largest absolute Gasteiger partial charge is 0.332 e. The van der Waals surface area contributed by atoms with Crippen LogP contribution in [0, 0.1) is 0 Å². The van der Waals surface area contributed by atoms with Crippen molar-refractivity contribution in [2.75, 3.05) is 0 Å². The number of hydrogen-bond donors (Lipinski definition) is 1.